The molecular weight excluding hydrogens is 703 g/mol. The van der Waals surface area contributed by atoms with Gasteiger partial charge in [0.25, 0.3) is 0 Å². The Balaban J connectivity index is 1.10. The van der Waals surface area contributed by atoms with Gasteiger partial charge in [-0.3, -0.25) is 0 Å². The molecule has 11 rings (SSSR count). The van der Waals surface area contributed by atoms with Crippen molar-refractivity contribution in [3.8, 4) is 44.5 Å². The first-order valence-corrected chi connectivity index (χ1v) is 20.0. The zero-order valence-corrected chi connectivity index (χ0v) is 32.1. The van der Waals surface area contributed by atoms with Gasteiger partial charge >= 0.3 is 0 Å². The molecule has 0 radical (unpaired) electrons. The molecule has 58 heavy (non-hydrogen) atoms. The maximum Gasteiger partial charge on any atom is 0.143 e. The molecular formula is C56H39NO. The van der Waals surface area contributed by atoms with Crippen molar-refractivity contribution < 1.29 is 4.42 Å². The summed E-state index contributed by atoms with van der Waals surface area (Å²) in [4.78, 5) is 2.43. The van der Waals surface area contributed by atoms with E-state index in [1.165, 1.54) is 50.1 Å². The lowest BCUT2D eigenvalue weighted by molar-refractivity contribution is 0.670. The number of hydrogen-bond donors (Lipinski definition) is 0. The summed E-state index contributed by atoms with van der Waals surface area (Å²) in [6.07, 6.45) is 0. The minimum atomic E-state index is -0.429. The summed E-state index contributed by atoms with van der Waals surface area (Å²) in [6, 6.07) is 79.0. The standard InChI is InChI=1S/C56H39NO/c1-56(42-20-9-4-10-21-42)51-36-41(46-24-15-25-50-49-23-12-14-27-54(49)58-55(46)50)30-34-47(51)48-35-33-44(37-52(48)56)57(43-31-28-39(29-32-43)38-16-5-2-6-17-38)53-26-13-11-22-45(53)40-18-7-3-8-19-40/h2-37H,1H3. The van der Waals surface area contributed by atoms with E-state index in [1.54, 1.807) is 0 Å². The molecule has 0 bridgehead atoms. The highest BCUT2D eigenvalue weighted by molar-refractivity contribution is 6.09. The Labute approximate surface area is 338 Å². The third kappa shape index (κ3) is 5.41. The third-order valence-corrected chi connectivity index (χ3v) is 12.2. The molecule has 0 fully saturated rings. The van der Waals surface area contributed by atoms with Gasteiger partial charge in [0.2, 0.25) is 0 Å². The highest BCUT2D eigenvalue weighted by Gasteiger charge is 2.41. The van der Waals surface area contributed by atoms with Gasteiger partial charge in [0, 0.05) is 38.7 Å². The molecule has 2 heteroatoms. The third-order valence-electron chi connectivity index (χ3n) is 12.2. The van der Waals surface area contributed by atoms with Crippen molar-refractivity contribution in [3.63, 3.8) is 0 Å². The average molecular weight is 742 g/mol. The van der Waals surface area contributed by atoms with Crippen LogP contribution in [0.2, 0.25) is 0 Å². The summed E-state index contributed by atoms with van der Waals surface area (Å²) in [5, 5.41) is 2.28. The van der Waals surface area contributed by atoms with Crippen LogP contribution in [0.4, 0.5) is 17.1 Å². The molecule has 0 spiro atoms. The lowest BCUT2D eigenvalue weighted by Gasteiger charge is -2.32. The largest absolute Gasteiger partial charge is 0.455 e. The van der Waals surface area contributed by atoms with Crippen LogP contribution in [0.15, 0.2) is 223 Å². The second-order valence-electron chi connectivity index (χ2n) is 15.4. The van der Waals surface area contributed by atoms with Gasteiger partial charge in [0.15, 0.2) is 0 Å². The van der Waals surface area contributed by atoms with Gasteiger partial charge in [-0.25, -0.2) is 0 Å². The van der Waals surface area contributed by atoms with Crippen LogP contribution in [0, 0.1) is 0 Å². The van der Waals surface area contributed by atoms with Crippen LogP contribution in [0.1, 0.15) is 23.6 Å². The molecule has 0 saturated carbocycles. The molecule has 1 unspecified atom stereocenters. The molecule has 1 aliphatic rings. The Morgan fingerprint density at radius 3 is 1.71 bits per heavy atom. The van der Waals surface area contributed by atoms with Crippen molar-refractivity contribution >= 4 is 39.0 Å². The summed E-state index contributed by atoms with van der Waals surface area (Å²) in [6.45, 7) is 2.40. The first-order valence-electron chi connectivity index (χ1n) is 20.0. The number of benzene rings is 9. The normalized spacial score (nSPS) is 14.4. The molecule has 1 atom stereocenters. The number of nitrogens with zero attached hydrogens (tertiary/aromatic N) is 1. The Bertz CT molecular complexity index is 3110. The maximum atomic E-state index is 6.55. The SMILES string of the molecule is CC1(c2ccccc2)c2cc(-c3cccc4c3oc3ccccc34)ccc2-c2ccc(N(c3ccc(-c4ccccc4)cc3)c3ccccc3-c3ccccc3)cc21. The van der Waals surface area contributed by atoms with Crippen molar-refractivity contribution in [1.82, 2.24) is 0 Å². The van der Waals surface area contributed by atoms with Crippen LogP contribution in [-0.2, 0) is 5.41 Å². The van der Waals surface area contributed by atoms with Gasteiger partial charge in [-0.1, -0.05) is 176 Å². The van der Waals surface area contributed by atoms with Gasteiger partial charge in [-0.2, -0.15) is 0 Å². The van der Waals surface area contributed by atoms with Crippen LogP contribution in [-0.4, -0.2) is 0 Å². The van der Waals surface area contributed by atoms with Gasteiger partial charge in [-0.15, -0.1) is 0 Å². The first-order chi connectivity index (χ1) is 28.6. The van der Waals surface area contributed by atoms with E-state index >= 15 is 0 Å². The lowest BCUT2D eigenvalue weighted by Crippen LogP contribution is -2.23. The fourth-order valence-electron chi connectivity index (χ4n) is 9.27. The van der Waals surface area contributed by atoms with Crippen LogP contribution >= 0.6 is 0 Å². The summed E-state index contributed by atoms with van der Waals surface area (Å²) in [5.74, 6) is 0. The molecule has 274 valence electrons. The van der Waals surface area contributed by atoms with E-state index in [-0.39, 0.29) is 0 Å². The molecule has 0 amide bonds. The predicted octanol–water partition coefficient (Wildman–Crippen LogP) is 15.4. The second-order valence-corrected chi connectivity index (χ2v) is 15.4. The summed E-state index contributed by atoms with van der Waals surface area (Å²) in [5.41, 5.74) is 18.1. The minimum Gasteiger partial charge on any atom is -0.455 e. The Morgan fingerprint density at radius 2 is 0.931 bits per heavy atom. The molecule has 2 nitrogen and oxygen atoms in total. The zero-order chi connectivity index (χ0) is 38.6. The second kappa shape index (κ2) is 13.7. The molecule has 1 aliphatic carbocycles. The molecule has 1 heterocycles. The number of hydrogen-bond acceptors (Lipinski definition) is 2. The summed E-state index contributed by atoms with van der Waals surface area (Å²) in [7, 11) is 0. The number of fused-ring (bicyclic) bond motifs is 6. The summed E-state index contributed by atoms with van der Waals surface area (Å²) < 4.78 is 6.55. The fraction of sp³-hybridized carbons (Fsp3) is 0.0357. The molecule has 0 aliphatic heterocycles. The average Bonchev–Trinajstić information content (AvgIpc) is 3.80. The molecule has 9 aromatic carbocycles. The van der Waals surface area contributed by atoms with Crippen molar-refractivity contribution in [3.05, 3.63) is 235 Å². The van der Waals surface area contributed by atoms with Gasteiger partial charge < -0.3 is 9.32 Å². The van der Waals surface area contributed by atoms with E-state index in [9.17, 15) is 0 Å². The Hall–Kier alpha value is -7.42. The van der Waals surface area contributed by atoms with Gasteiger partial charge in [-0.05, 0) is 99.5 Å². The van der Waals surface area contributed by atoms with Crippen LogP contribution in [0.25, 0.3) is 66.4 Å². The maximum absolute atomic E-state index is 6.55. The number of furan rings is 1. The van der Waals surface area contributed by atoms with Gasteiger partial charge in [0.1, 0.15) is 11.2 Å². The van der Waals surface area contributed by atoms with Crippen LogP contribution in [0.3, 0.4) is 0 Å². The van der Waals surface area contributed by atoms with Gasteiger partial charge in [0.05, 0.1) is 5.69 Å². The number of para-hydroxylation sites is 3. The van der Waals surface area contributed by atoms with Crippen molar-refractivity contribution in [2.75, 3.05) is 4.90 Å². The monoisotopic (exact) mass is 741 g/mol. The smallest absolute Gasteiger partial charge is 0.143 e. The van der Waals surface area contributed by atoms with Crippen molar-refractivity contribution in [2.24, 2.45) is 0 Å². The van der Waals surface area contributed by atoms with E-state index < -0.39 is 5.41 Å². The molecule has 0 saturated heterocycles. The van der Waals surface area contributed by atoms with E-state index in [0.717, 1.165) is 50.1 Å². The predicted molar refractivity (Wildman–Crippen MR) is 242 cm³/mol. The fourth-order valence-corrected chi connectivity index (χ4v) is 9.27. The van der Waals surface area contributed by atoms with E-state index in [0.29, 0.717) is 0 Å². The van der Waals surface area contributed by atoms with E-state index in [2.05, 4.69) is 224 Å². The quantitative estimate of drug-likeness (QED) is 0.162. The summed E-state index contributed by atoms with van der Waals surface area (Å²) >= 11 is 0. The molecule has 10 aromatic rings. The van der Waals surface area contributed by atoms with Crippen molar-refractivity contribution in [2.45, 2.75) is 12.3 Å². The highest BCUT2D eigenvalue weighted by atomic mass is 16.3. The van der Waals surface area contributed by atoms with E-state index in [4.69, 9.17) is 4.42 Å². The molecule has 1 aromatic heterocycles. The van der Waals surface area contributed by atoms with E-state index in [1.807, 2.05) is 6.07 Å². The van der Waals surface area contributed by atoms with Crippen LogP contribution < -0.4 is 4.90 Å². The topological polar surface area (TPSA) is 16.4 Å². The first kappa shape index (κ1) is 33.9. The lowest BCUT2D eigenvalue weighted by atomic mass is 9.73. The van der Waals surface area contributed by atoms with Crippen LogP contribution in [0.5, 0.6) is 0 Å². The number of anilines is 3. The zero-order valence-electron chi connectivity index (χ0n) is 32.1. The van der Waals surface area contributed by atoms with Crippen molar-refractivity contribution in [1.29, 1.82) is 0 Å². The Morgan fingerprint density at radius 1 is 0.379 bits per heavy atom. The number of rotatable bonds is 7. The highest BCUT2D eigenvalue weighted by Crippen LogP contribution is 2.55. The molecule has 0 N–H and O–H groups in total. The minimum absolute atomic E-state index is 0.429. The Kier molecular flexibility index (Phi) is 7.97.